The minimum Gasteiger partial charge on any atom is -0.435 e. The molecule has 0 aromatic heterocycles. The fourth-order valence-corrected chi connectivity index (χ4v) is 2.88. The monoisotopic (exact) mass is 370 g/mol. The summed E-state index contributed by atoms with van der Waals surface area (Å²) in [7, 11) is -0.810. The number of sulfonamides is 1. The molecule has 0 bridgehead atoms. The molecule has 2 aromatic carbocycles. The van der Waals surface area contributed by atoms with E-state index in [0.717, 1.165) is 4.31 Å². The zero-order valence-corrected chi connectivity index (χ0v) is 14.3. The highest BCUT2D eigenvalue weighted by Crippen LogP contribution is 2.20. The first-order chi connectivity index (χ1) is 11.7. The Bertz CT molecular complexity index is 853. The summed E-state index contributed by atoms with van der Waals surface area (Å²) in [5.41, 5.74) is 0.503. The molecule has 6 nitrogen and oxygen atoms in total. The Labute approximate surface area is 144 Å². The van der Waals surface area contributed by atoms with E-state index in [1.807, 2.05) is 0 Å². The predicted octanol–water partition coefficient (Wildman–Crippen LogP) is 2.79. The Hall–Kier alpha value is -2.52. The average molecular weight is 370 g/mol. The van der Waals surface area contributed by atoms with E-state index in [4.69, 9.17) is 0 Å². The van der Waals surface area contributed by atoms with Gasteiger partial charge in [-0.15, -0.1) is 0 Å². The second-order valence-corrected chi connectivity index (χ2v) is 7.32. The third-order valence-corrected chi connectivity index (χ3v) is 5.02. The fraction of sp³-hybridized carbons (Fsp3) is 0.188. The molecule has 0 aliphatic rings. The lowest BCUT2D eigenvalue weighted by molar-refractivity contribution is -0.0498. The molecule has 9 heteroatoms. The molecule has 0 atom stereocenters. The minimum atomic E-state index is -3.62. The van der Waals surface area contributed by atoms with Crippen LogP contribution in [-0.2, 0) is 10.0 Å². The first kappa shape index (κ1) is 18.8. The third kappa shape index (κ3) is 4.74. The SMILES string of the molecule is CN(C)S(=O)(=O)c1cccc(NC(=O)c2ccc(OC(F)F)cc2)c1. The Morgan fingerprint density at radius 1 is 1.12 bits per heavy atom. The molecule has 1 N–H and O–H groups in total. The summed E-state index contributed by atoms with van der Waals surface area (Å²) in [5, 5.41) is 2.56. The quantitative estimate of drug-likeness (QED) is 0.848. The predicted molar refractivity (Wildman–Crippen MR) is 88.3 cm³/mol. The van der Waals surface area contributed by atoms with Gasteiger partial charge in [-0.3, -0.25) is 4.79 Å². The van der Waals surface area contributed by atoms with Gasteiger partial charge in [0, 0.05) is 25.3 Å². The van der Waals surface area contributed by atoms with Crippen molar-refractivity contribution < 1.29 is 26.7 Å². The second-order valence-electron chi connectivity index (χ2n) is 5.17. The molecule has 0 radical (unpaired) electrons. The molecule has 25 heavy (non-hydrogen) atoms. The van der Waals surface area contributed by atoms with Crippen molar-refractivity contribution in [3.8, 4) is 5.75 Å². The number of rotatable bonds is 6. The van der Waals surface area contributed by atoms with Gasteiger partial charge in [0.2, 0.25) is 10.0 Å². The number of nitrogens with zero attached hydrogens (tertiary/aromatic N) is 1. The van der Waals surface area contributed by atoms with Crippen LogP contribution >= 0.6 is 0 Å². The molecule has 0 unspecified atom stereocenters. The maximum atomic E-state index is 12.2. The molecule has 134 valence electrons. The summed E-state index contributed by atoms with van der Waals surface area (Å²) < 4.78 is 53.7. The molecule has 0 fully saturated rings. The van der Waals surface area contributed by atoms with Gasteiger partial charge < -0.3 is 10.1 Å². The van der Waals surface area contributed by atoms with Crippen LogP contribution in [0.5, 0.6) is 5.75 Å². The standard InChI is InChI=1S/C16H16F2N2O4S/c1-20(2)25(22,23)14-5-3-4-12(10-14)19-15(21)11-6-8-13(9-7-11)24-16(17)18/h3-10,16H,1-2H3,(H,19,21). The van der Waals surface area contributed by atoms with E-state index in [2.05, 4.69) is 10.1 Å². The highest BCUT2D eigenvalue weighted by Gasteiger charge is 2.17. The maximum absolute atomic E-state index is 12.2. The third-order valence-electron chi connectivity index (χ3n) is 3.21. The van der Waals surface area contributed by atoms with E-state index in [0.29, 0.717) is 5.69 Å². The summed E-state index contributed by atoms with van der Waals surface area (Å²) >= 11 is 0. The van der Waals surface area contributed by atoms with Crippen LogP contribution in [0.3, 0.4) is 0 Å². The van der Waals surface area contributed by atoms with Gasteiger partial charge in [0.15, 0.2) is 0 Å². The lowest BCUT2D eigenvalue weighted by Gasteiger charge is -2.13. The van der Waals surface area contributed by atoms with Gasteiger partial charge in [-0.05, 0) is 42.5 Å². The normalized spacial score (nSPS) is 11.6. The van der Waals surface area contributed by atoms with Crippen LogP contribution in [0.1, 0.15) is 10.4 Å². The van der Waals surface area contributed by atoms with Crippen LogP contribution in [0.25, 0.3) is 0 Å². The average Bonchev–Trinajstić information content (AvgIpc) is 2.55. The number of alkyl halides is 2. The number of ether oxygens (including phenoxy) is 1. The fourth-order valence-electron chi connectivity index (χ4n) is 1.94. The Morgan fingerprint density at radius 2 is 1.76 bits per heavy atom. The molecule has 0 spiro atoms. The van der Waals surface area contributed by atoms with Gasteiger partial charge in [0.25, 0.3) is 5.91 Å². The number of benzene rings is 2. The van der Waals surface area contributed by atoms with Crippen LogP contribution < -0.4 is 10.1 Å². The van der Waals surface area contributed by atoms with Crippen molar-refractivity contribution in [3.63, 3.8) is 0 Å². The number of anilines is 1. The summed E-state index contributed by atoms with van der Waals surface area (Å²) in [6.45, 7) is -2.94. The molecule has 2 aromatic rings. The summed E-state index contributed by atoms with van der Waals surface area (Å²) in [5.74, 6) is -0.575. The molecular formula is C16H16F2N2O4S. The van der Waals surface area contributed by atoms with Crippen LogP contribution in [0, 0.1) is 0 Å². The zero-order chi connectivity index (χ0) is 18.6. The second kappa shape index (κ2) is 7.58. The first-order valence-corrected chi connectivity index (χ1v) is 8.53. The van der Waals surface area contributed by atoms with E-state index in [-0.39, 0.29) is 16.2 Å². The highest BCUT2D eigenvalue weighted by atomic mass is 32.2. The molecule has 1 amide bonds. The number of carbonyl (C=O) groups excluding carboxylic acids is 1. The van der Waals surface area contributed by atoms with Crippen molar-refractivity contribution in [2.75, 3.05) is 19.4 Å². The van der Waals surface area contributed by atoms with Gasteiger partial charge in [0.1, 0.15) is 5.75 Å². The van der Waals surface area contributed by atoms with Crippen LogP contribution in [0.4, 0.5) is 14.5 Å². The van der Waals surface area contributed by atoms with Gasteiger partial charge in [-0.25, -0.2) is 12.7 Å². The minimum absolute atomic E-state index is 0.0379. The lowest BCUT2D eigenvalue weighted by Crippen LogP contribution is -2.22. The number of hydrogen-bond donors (Lipinski definition) is 1. The number of carbonyl (C=O) groups is 1. The Morgan fingerprint density at radius 3 is 2.32 bits per heavy atom. The first-order valence-electron chi connectivity index (χ1n) is 7.09. The van der Waals surface area contributed by atoms with Crippen LogP contribution in [0.15, 0.2) is 53.4 Å². The zero-order valence-electron chi connectivity index (χ0n) is 13.4. The van der Waals surface area contributed by atoms with Crippen LogP contribution in [0.2, 0.25) is 0 Å². The van der Waals surface area contributed by atoms with Crippen LogP contribution in [-0.4, -0.2) is 39.3 Å². The topological polar surface area (TPSA) is 75.7 Å². The molecule has 0 heterocycles. The van der Waals surface area contributed by atoms with Gasteiger partial charge in [0.05, 0.1) is 4.90 Å². The smallest absolute Gasteiger partial charge is 0.387 e. The van der Waals surface area contributed by atoms with Crippen molar-refractivity contribution in [2.45, 2.75) is 11.5 Å². The Balaban J connectivity index is 2.16. The van der Waals surface area contributed by atoms with E-state index >= 15 is 0 Å². The van der Waals surface area contributed by atoms with Crippen molar-refractivity contribution in [1.82, 2.24) is 4.31 Å². The summed E-state index contributed by atoms with van der Waals surface area (Å²) in [6, 6.07) is 10.9. The van der Waals surface area contributed by atoms with E-state index in [9.17, 15) is 22.0 Å². The molecule has 0 saturated carbocycles. The number of amides is 1. The van der Waals surface area contributed by atoms with Gasteiger partial charge in [-0.2, -0.15) is 8.78 Å². The van der Waals surface area contributed by atoms with Crippen molar-refractivity contribution in [1.29, 1.82) is 0 Å². The van der Waals surface area contributed by atoms with Crippen molar-refractivity contribution >= 4 is 21.6 Å². The number of nitrogens with one attached hydrogen (secondary N) is 1. The van der Waals surface area contributed by atoms with E-state index in [1.165, 1.54) is 56.6 Å². The summed E-state index contributed by atoms with van der Waals surface area (Å²) in [6.07, 6.45) is 0. The molecule has 0 aliphatic carbocycles. The summed E-state index contributed by atoms with van der Waals surface area (Å²) in [4.78, 5) is 12.2. The van der Waals surface area contributed by atoms with E-state index < -0.39 is 22.5 Å². The molecule has 0 saturated heterocycles. The number of halogens is 2. The van der Waals surface area contributed by atoms with E-state index in [1.54, 1.807) is 6.07 Å². The van der Waals surface area contributed by atoms with Gasteiger partial charge in [-0.1, -0.05) is 6.07 Å². The largest absolute Gasteiger partial charge is 0.435 e. The highest BCUT2D eigenvalue weighted by molar-refractivity contribution is 7.89. The molecular weight excluding hydrogens is 354 g/mol. The Kier molecular flexibility index (Phi) is 5.70. The molecule has 2 rings (SSSR count). The van der Waals surface area contributed by atoms with Gasteiger partial charge >= 0.3 is 6.61 Å². The lowest BCUT2D eigenvalue weighted by atomic mass is 10.2. The maximum Gasteiger partial charge on any atom is 0.387 e. The van der Waals surface area contributed by atoms with Crippen molar-refractivity contribution in [2.24, 2.45) is 0 Å². The number of hydrogen-bond acceptors (Lipinski definition) is 4. The molecule has 0 aliphatic heterocycles. The van der Waals surface area contributed by atoms with Crippen molar-refractivity contribution in [3.05, 3.63) is 54.1 Å².